The van der Waals surface area contributed by atoms with E-state index in [-0.39, 0.29) is 0 Å². The smallest absolute Gasteiger partial charge is 0.213 e. The average molecular weight is 260 g/mol. The molecule has 0 radical (unpaired) electrons. The molecule has 1 heterocycles. The molecule has 1 aromatic rings. The van der Waals surface area contributed by atoms with Crippen LogP contribution in [-0.4, -0.2) is 18.1 Å². The number of aromatic nitrogens is 1. The van der Waals surface area contributed by atoms with Crippen LogP contribution in [0.5, 0.6) is 5.88 Å². The second-order valence-electron chi connectivity index (χ2n) is 5.27. The summed E-state index contributed by atoms with van der Waals surface area (Å²) in [4.78, 5) is 4.29. The van der Waals surface area contributed by atoms with Gasteiger partial charge in [0.25, 0.3) is 0 Å². The van der Waals surface area contributed by atoms with Crippen molar-refractivity contribution in [2.24, 2.45) is 11.8 Å². The minimum absolute atomic E-state index is 0.615. The zero-order valence-corrected chi connectivity index (χ0v) is 11.9. The lowest BCUT2D eigenvalue weighted by atomic mass is 9.85. The van der Waals surface area contributed by atoms with E-state index in [1.807, 2.05) is 18.3 Å². The maximum Gasteiger partial charge on any atom is 0.213 e. The molecule has 2 atom stereocenters. The number of nitrogens with one attached hydrogen (secondary N) is 1. The number of rotatable bonds is 6. The largest absolute Gasteiger partial charge is 0.477 e. The van der Waals surface area contributed by atoms with Crippen LogP contribution >= 0.6 is 0 Å². The first-order chi connectivity index (χ1) is 9.29. The highest BCUT2D eigenvalue weighted by Gasteiger charge is 2.18. The minimum Gasteiger partial charge on any atom is -0.477 e. The highest BCUT2D eigenvalue weighted by Crippen LogP contribution is 2.25. The molecule has 2 rings (SSSR count). The molecule has 0 fully saturated rings. The van der Waals surface area contributed by atoms with Crippen LogP contribution in [0.1, 0.15) is 32.3 Å². The van der Waals surface area contributed by atoms with Crippen molar-refractivity contribution < 1.29 is 4.74 Å². The zero-order chi connectivity index (χ0) is 13.5. The highest BCUT2D eigenvalue weighted by molar-refractivity contribution is 5.20. The van der Waals surface area contributed by atoms with Gasteiger partial charge in [-0.2, -0.15) is 0 Å². The fourth-order valence-electron chi connectivity index (χ4n) is 2.34. The van der Waals surface area contributed by atoms with Gasteiger partial charge in [0.05, 0.1) is 6.61 Å². The Morgan fingerprint density at radius 3 is 3.00 bits per heavy atom. The molecule has 0 bridgehead atoms. The van der Waals surface area contributed by atoms with E-state index in [2.05, 4.69) is 36.3 Å². The topological polar surface area (TPSA) is 34.2 Å². The predicted molar refractivity (Wildman–Crippen MR) is 78.1 cm³/mol. The van der Waals surface area contributed by atoms with Gasteiger partial charge >= 0.3 is 0 Å². The Labute approximate surface area is 116 Å². The second kappa shape index (κ2) is 7.29. The zero-order valence-electron chi connectivity index (χ0n) is 11.9. The SMILES string of the molecule is CCNCc1ccnc(OCC2CC=CCC2C)c1. The van der Waals surface area contributed by atoms with Crippen LogP contribution < -0.4 is 10.1 Å². The summed E-state index contributed by atoms with van der Waals surface area (Å²) in [6.45, 7) is 7.02. The van der Waals surface area contributed by atoms with Crippen LogP contribution in [0.15, 0.2) is 30.5 Å². The fraction of sp³-hybridized carbons (Fsp3) is 0.562. The lowest BCUT2D eigenvalue weighted by Gasteiger charge is -2.24. The van der Waals surface area contributed by atoms with Crippen LogP contribution in [0.2, 0.25) is 0 Å². The van der Waals surface area contributed by atoms with Gasteiger partial charge < -0.3 is 10.1 Å². The van der Waals surface area contributed by atoms with Crippen molar-refractivity contribution in [1.82, 2.24) is 10.3 Å². The van der Waals surface area contributed by atoms with E-state index in [4.69, 9.17) is 4.74 Å². The molecule has 0 aromatic carbocycles. The Morgan fingerprint density at radius 2 is 2.21 bits per heavy atom. The van der Waals surface area contributed by atoms with E-state index in [0.717, 1.165) is 32.0 Å². The summed E-state index contributed by atoms with van der Waals surface area (Å²) in [5, 5.41) is 3.31. The second-order valence-corrected chi connectivity index (χ2v) is 5.27. The van der Waals surface area contributed by atoms with E-state index >= 15 is 0 Å². The van der Waals surface area contributed by atoms with Gasteiger partial charge in [-0.15, -0.1) is 0 Å². The van der Waals surface area contributed by atoms with Crippen molar-refractivity contribution in [2.45, 2.75) is 33.2 Å². The Morgan fingerprint density at radius 1 is 1.37 bits per heavy atom. The number of hydrogen-bond acceptors (Lipinski definition) is 3. The van der Waals surface area contributed by atoms with Gasteiger partial charge in [-0.25, -0.2) is 4.98 Å². The first-order valence-corrected chi connectivity index (χ1v) is 7.23. The van der Waals surface area contributed by atoms with Crippen molar-refractivity contribution >= 4 is 0 Å². The summed E-state index contributed by atoms with van der Waals surface area (Å²) in [6.07, 6.45) is 8.66. The van der Waals surface area contributed by atoms with Gasteiger partial charge in [-0.3, -0.25) is 0 Å². The van der Waals surface area contributed by atoms with Crippen LogP contribution in [-0.2, 0) is 6.54 Å². The third-order valence-electron chi connectivity index (χ3n) is 3.74. The number of allylic oxidation sites excluding steroid dienone is 2. The monoisotopic (exact) mass is 260 g/mol. The van der Waals surface area contributed by atoms with E-state index < -0.39 is 0 Å². The molecule has 1 N–H and O–H groups in total. The Bertz CT molecular complexity index is 417. The van der Waals surface area contributed by atoms with Crippen LogP contribution in [0.25, 0.3) is 0 Å². The number of hydrogen-bond donors (Lipinski definition) is 1. The fourth-order valence-corrected chi connectivity index (χ4v) is 2.34. The molecular formula is C16H24N2O. The molecule has 19 heavy (non-hydrogen) atoms. The molecule has 104 valence electrons. The molecule has 0 aliphatic heterocycles. The minimum atomic E-state index is 0.615. The number of nitrogens with zero attached hydrogens (tertiary/aromatic N) is 1. The molecule has 0 saturated carbocycles. The van der Waals surface area contributed by atoms with Gasteiger partial charge in [0.2, 0.25) is 5.88 Å². The quantitative estimate of drug-likeness (QED) is 0.798. The first-order valence-electron chi connectivity index (χ1n) is 7.23. The van der Waals surface area contributed by atoms with Crippen molar-refractivity contribution in [2.75, 3.05) is 13.2 Å². The molecule has 0 amide bonds. The van der Waals surface area contributed by atoms with Gasteiger partial charge in [-0.1, -0.05) is 26.0 Å². The standard InChI is InChI=1S/C16H24N2O/c1-3-17-11-14-8-9-18-16(10-14)19-12-15-7-5-4-6-13(15)2/h4-5,8-10,13,15,17H,3,6-7,11-12H2,1-2H3. The number of ether oxygens (including phenoxy) is 1. The molecule has 1 aliphatic carbocycles. The summed E-state index contributed by atoms with van der Waals surface area (Å²) in [6, 6.07) is 4.06. The van der Waals surface area contributed by atoms with E-state index in [9.17, 15) is 0 Å². The lowest BCUT2D eigenvalue weighted by Crippen LogP contribution is -2.21. The average Bonchev–Trinajstić information content (AvgIpc) is 2.45. The maximum absolute atomic E-state index is 5.86. The molecule has 2 unspecified atom stereocenters. The Hall–Kier alpha value is -1.35. The number of pyridine rings is 1. The van der Waals surface area contributed by atoms with E-state index in [1.54, 1.807) is 0 Å². The van der Waals surface area contributed by atoms with E-state index in [1.165, 1.54) is 12.0 Å². The molecule has 0 spiro atoms. The van der Waals surface area contributed by atoms with Crippen LogP contribution in [0, 0.1) is 11.8 Å². The van der Waals surface area contributed by atoms with Gasteiger partial charge in [0.15, 0.2) is 0 Å². The van der Waals surface area contributed by atoms with Crippen molar-refractivity contribution in [3.05, 3.63) is 36.0 Å². The third kappa shape index (κ3) is 4.35. The van der Waals surface area contributed by atoms with Crippen molar-refractivity contribution in [3.63, 3.8) is 0 Å². The summed E-state index contributed by atoms with van der Waals surface area (Å²) >= 11 is 0. The van der Waals surface area contributed by atoms with Crippen LogP contribution in [0.3, 0.4) is 0 Å². The third-order valence-corrected chi connectivity index (χ3v) is 3.74. The normalized spacial score (nSPS) is 22.4. The molecule has 3 nitrogen and oxygen atoms in total. The Balaban J connectivity index is 1.86. The Kier molecular flexibility index (Phi) is 5.40. The summed E-state index contributed by atoms with van der Waals surface area (Å²) in [5.41, 5.74) is 1.23. The predicted octanol–water partition coefficient (Wildman–Crippen LogP) is 3.17. The van der Waals surface area contributed by atoms with Crippen molar-refractivity contribution in [1.29, 1.82) is 0 Å². The summed E-state index contributed by atoms with van der Waals surface area (Å²) in [7, 11) is 0. The molecule has 1 aliphatic rings. The highest BCUT2D eigenvalue weighted by atomic mass is 16.5. The maximum atomic E-state index is 5.86. The summed E-state index contributed by atoms with van der Waals surface area (Å²) in [5.74, 6) is 2.07. The van der Waals surface area contributed by atoms with Gasteiger partial charge in [0.1, 0.15) is 0 Å². The molecule has 1 aromatic heterocycles. The van der Waals surface area contributed by atoms with Gasteiger partial charge in [-0.05, 0) is 42.9 Å². The van der Waals surface area contributed by atoms with Gasteiger partial charge in [0, 0.05) is 18.8 Å². The molecular weight excluding hydrogens is 236 g/mol. The lowest BCUT2D eigenvalue weighted by molar-refractivity contribution is 0.192. The molecule has 3 heteroatoms. The summed E-state index contributed by atoms with van der Waals surface area (Å²) < 4.78 is 5.86. The van der Waals surface area contributed by atoms with Crippen LogP contribution in [0.4, 0.5) is 0 Å². The first kappa shape index (κ1) is 14.1. The van der Waals surface area contributed by atoms with Crippen molar-refractivity contribution in [3.8, 4) is 5.88 Å². The molecule has 0 saturated heterocycles. The van der Waals surface area contributed by atoms with E-state index in [0.29, 0.717) is 11.8 Å².